The van der Waals surface area contributed by atoms with Gasteiger partial charge in [0.05, 0.1) is 0 Å². The molecule has 13 heavy (non-hydrogen) atoms. The summed E-state index contributed by atoms with van der Waals surface area (Å²) >= 11 is 0. The van der Waals surface area contributed by atoms with Crippen molar-refractivity contribution in [2.75, 3.05) is 0 Å². The minimum Gasteiger partial charge on any atom is -0.329 e. The molecule has 0 saturated heterocycles. The Labute approximate surface area is 76.0 Å². The van der Waals surface area contributed by atoms with Gasteiger partial charge in [-0.15, -0.1) is 0 Å². The van der Waals surface area contributed by atoms with Crippen molar-refractivity contribution in [1.29, 1.82) is 0 Å². The second kappa shape index (κ2) is 1.87. The zero-order chi connectivity index (χ0) is 9.10. The van der Waals surface area contributed by atoms with E-state index in [9.17, 15) is 4.79 Å². The maximum atomic E-state index is 11.1. The van der Waals surface area contributed by atoms with Crippen LogP contribution in [0.3, 0.4) is 0 Å². The smallest absolute Gasteiger partial charge is 0.248 e. The highest BCUT2D eigenvalue weighted by Crippen LogP contribution is 2.66. The number of hydrogen-bond acceptors (Lipinski definition) is 2. The van der Waals surface area contributed by atoms with Gasteiger partial charge in [0.25, 0.3) is 0 Å². The molecule has 4 rings (SSSR count). The van der Waals surface area contributed by atoms with Crippen LogP contribution < -0.4 is 11.3 Å². The van der Waals surface area contributed by atoms with Crippen LogP contribution in [0, 0.1) is 0 Å². The van der Waals surface area contributed by atoms with E-state index in [1.165, 1.54) is 5.56 Å². The van der Waals surface area contributed by atoms with Crippen LogP contribution in [-0.2, 0) is 5.41 Å². The van der Waals surface area contributed by atoms with E-state index >= 15 is 0 Å². The molecule has 3 fully saturated rings. The number of pyridine rings is 1. The summed E-state index contributed by atoms with van der Waals surface area (Å²) < 4.78 is 0. The van der Waals surface area contributed by atoms with Crippen LogP contribution in [0.1, 0.15) is 24.8 Å². The molecule has 0 spiro atoms. The maximum absolute atomic E-state index is 11.1. The molecule has 0 amide bonds. The molecule has 3 heteroatoms. The highest BCUT2D eigenvalue weighted by Gasteiger charge is 2.66. The van der Waals surface area contributed by atoms with Crippen molar-refractivity contribution >= 4 is 0 Å². The van der Waals surface area contributed by atoms with Gasteiger partial charge in [-0.05, 0) is 30.9 Å². The average molecular weight is 176 g/mol. The second-order valence-electron chi connectivity index (χ2n) is 4.61. The van der Waals surface area contributed by atoms with Gasteiger partial charge >= 0.3 is 0 Å². The Morgan fingerprint density at radius 1 is 1.38 bits per heavy atom. The lowest BCUT2D eigenvalue weighted by Crippen LogP contribution is -2.74. The zero-order valence-corrected chi connectivity index (χ0v) is 7.34. The predicted molar refractivity (Wildman–Crippen MR) is 49.5 cm³/mol. The molecule has 3 saturated carbocycles. The number of rotatable bonds is 1. The predicted octanol–water partition coefficient (Wildman–Crippen LogP) is 0.508. The summed E-state index contributed by atoms with van der Waals surface area (Å²) in [6.07, 6.45) is 4.90. The van der Waals surface area contributed by atoms with Crippen molar-refractivity contribution < 1.29 is 0 Å². The summed E-state index contributed by atoms with van der Waals surface area (Å²) in [5.74, 6) is 0. The van der Waals surface area contributed by atoms with E-state index in [-0.39, 0.29) is 16.5 Å². The molecule has 68 valence electrons. The Bertz CT molecular complexity index is 401. The molecule has 0 unspecified atom stereocenters. The topological polar surface area (TPSA) is 58.9 Å². The molecule has 3 nitrogen and oxygen atoms in total. The number of hydrogen-bond donors (Lipinski definition) is 2. The van der Waals surface area contributed by atoms with Crippen LogP contribution in [0.25, 0.3) is 0 Å². The minimum absolute atomic E-state index is 0.00621. The number of aromatic amines is 1. The molecule has 1 heterocycles. The Balaban J connectivity index is 1.99. The second-order valence-corrected chi connectivity index (χ2v) is 4.61. The van der Waals surface area contributed by atoms with Gasteiger partial charge in [-0.2, -0.15) is 0 Å². The Morgan fingerprint density at radius 2 is 2.08 bits per heavy atom. The fraction of sp³-hybridized carbons (Fsp3) is 0.500. The molecule has 0 aromatic carbocycles. The summed E-state index contributed by atoms with van der Waals surface area (Å²) in [6, 6.07) is 3.71. The van der Waals surface area contributed by atoms with Crippen LogP contribution in [0.2, 0.25) is 0 Å². The van der Waals surface area contributed by atoms with E-state index in [1.54, 1.807) is 12.3 Å². The fourth-order valence-electron chi connectivity index (χ4n) is 2.95. The molecular weight excluding hydrogens is 164 g/mol. The van der Waals surface area contributed by atoms with Crippen molar-refractivity contribution in [1.82, 2.24) is 4.98 Å². The SMILES string of the molecule is NC12CC(c3cc[nH]c(=O)c3)(C1)C2. The standard InChI is InChI=1S/C10H12N2O/c11-10-4-9(5-10,6-10)7-1-2-12-8(13)3-7/h1-3H,4-6,11H2,(H,12,13). The maximum Gasteiger partial charge on any atom is 0.248 e. The lowest BCUT2D eigenvalue weighted by Gasteiger charge is -2.69. The molecule has 3 aliphatic rings. The van der Waals surface area contributed by atoms with Gasteiger partial charge in [0.2, 0.25) is 5.56 Å². The summed E-state index contributed by atoms with van der Waals surface area (Å²) in [5, 5.41) is 0. The summed E-state index contributed by atoms with van der Waals surface area (Å²) in [4.78, 5) is 13.7. The molecule has 1 aromatic rings. The minimum atomic E-state index is -0.00621. The van der Waals surface area contributed by atoms with E-state index in [4.69, 9.17) is 5.73 Å². The first-order valence-corrected chi connectivity index (χ1v) is 4.60. The van der Waals surface area contributed by atoms with Crippen LogP contribution in [-0.4, -0.2) is 10.5 Å². The van der Waals surface area contributed by atoms with Crippen molar-refractivity contribution in [2.24, 2.45) is 5.73 Å². The van der Waals surface area contributed by atoms with Gasteiger partial charge in [0.1, 0.15) is 0 Å². The van der Waals surface area contributed by atoms with Gasteiger partial charge < -0.3 is 10.7 Å². The molecule has 0 aliphatic heterocycles. The van der Waals surface area contributed by atoms with E-state index in [0.717, 1.165) is 19.3 Å². The first-order chi connectivity index (χ1) is 6.12. The van der Waals surface area contributed by atoms with Gasteiger partial charge in [-0.3, -0.25) is 4.79 Å². The van der Waals surface area contributed by atoms with E-state index in [2.05, 4.69) is 4.98 Å². The van der Waals surface area contributed by atoms with Gasteiger partial charge in [-0.1, -0.05) is 0 Å². The quantitative estimate of drug-likeness (QED) is 0.655. The van der Waals surface area contributed by atoms with Crippen LogP contribution in [0.5, 0.6) is 0 Å². The molecule has 0 radical (unpaired) electrons. The van der Waals surface area contributed by atoms with Gasteiger partial charge in [-0.25, -0.2) is 0 Å². The Kier molecular flexibility index (Phi) is 1.06. The summed E-state index contributed by atoms with van der Waals surface area (Å²) in [7, 11) is 0. The van der Waals surface area contributed by atoms with Crippen molar-refractivity contribution in [3.8, 4) is 0 Å². The third kappa shape index (κ3) is 0.800. The summed E-state index contributed by atoms with van der Waals surface area (Å²) in [5.41, 5.74) is 7.51. The van der Waals surface area contributed by atoms with Crippen molar-refractivity contribution in [3.05, 3.63) is 34.2 Å². The van der Waals surface area contributed by atoms with Crippen molar-refractivity contribution in [3.63, 3.8) is 0 Å². The number of nitrogens with one attached hydrogen (secondary N) is 1. The van der Waals surface area contributed by atoms with Crippen LogP contribution >= 0.6 is 0 Å². The third-order valence-corrected chi connectivity index (χ3v) is 3.46. The third-order valence-electron chi connectivity index (χ3n) is 3.46. The largest absolute Gasteiger partial charge is 0.329 e. The number of nitrogens with two attached hydrogens (primary N) is 1. The lowest BCUT2D eigenvalue weighted by atomic mass is 9.38. The average Bonchev–Trinajstić information content (AvgIpc) is 1.97. The first kappa shape index (κ1) is 7.33. The monoisotopic (exact) mass is 176 g/mol. The fourth-order valence-corrected chi connectivity index (χ4v) is 2.95. The van der Waals surface area contributed by atoms with Crippen LogP contribution in [0.4, 0.5) is 0 Å². The van der Waals surface area contributed by atoms with E-state index in [1.807, 2.05) is 6.07 Å². The highest BCUT2D eigenvalue weighted by molar-refractivity contribution is 5.40. The molecule has 1 aromatic heterocycles. The molecule has 3 N–H and O–H groups in total. The molecular formula is C10H12N2O. The highest BCUT2D eigenvalue weighted by atomic mass is 16.1. The van der Waals surface area contributed by atoms with Crippen LogP contribution in [0.15, 0.2) is 23.1 Å². The Hall–Kier alpha value is -1.09. The number of H-pyrrole nitrogens is 1. The van der Waals surface area contributed by atoms with E-state index in [0.29, 0.717) is 0 Å². The van der Waals surface area contributed by atoms with Gasteiger partial charge in [0, 0.05) is 23.2 Å². The zero-order valence-electron chi connectivity index (χ0n) is 7.34. The number of aromatic nitrogens is 1. The normalized spacial score (nSPS) is 40.7. The van der Waals surface area contributed by atoms with E-state index < -0.39 is 0 Å². The Morgan fingerprint density at radius 3 is 2.62 bits per heavy atom. The lowest BCUT2D eigenvalue weighted by molar-refractivity contribution is -0.0591. The summed E-state index contributed by atoms with van der Waals surface area (Å²) in [6.45, 7) is 0. The first-order valence-electron chi connectivity index (χ1n) is 4.60. The van der Waals surface area contributed by atoms with Crippen molar-refractivity contribution in [2.45, 2.75) is 30.2 Å². The molecule has 0 atom stereocenters. The molecule has 2 bridgehead atoms. The molecule has 3 aliphatic carbocycles. The van der Waals surface area contributed by atoms with Gasteiger partial charge in [0.15, 0.2) is 0 Å².